The molecule has 0 aromatic carbocycles. The Hall–Kier alpha value is 0.354. The lowest BCUT2D eigenvalue weighted by molar-refractivity contribution is 0.176. The van der Waals surface area contributed by atoms with Crippen molar-refractivity contribution in [2.75, 3.05) is 0 Å². The molecule has 29 heavy (non-hydrogen) atoms. The Kier molecular flexibility index (Phi) is 24.9. The lowest BCUT2D eigenvalue weighted by Gasteiger charge is -2.20. The van der Waals surface area contributed by atoms with Gasteiger partial charge in [-0.05, 0) is 31.4 Å². The van der Waals surface area contributed by atoms with Gasteiger partial charge in [0.05, 0.1) is 0 Å². The van der Waals surface area contributed by atoms with E-state index in [2.05, 4.69) is 27.7 Å². The molecule has 0 aliphatic rings. The Labute approximate surface area is 189 Å². The quantitative estimate of drug-likeness (QED) is 0.114. The third-order valence-corrected chi connectivity index (χ3v) is 9.74. The Morgan fingerprint density at radius 3 is 1.17 bits per heavy atom. The predicted molar refractivity (Wildman–Crippen MR) is 137 cm³/mol. The van der Waals surface area contributed by atoms with Crippen LogP contribution in [0.2, 0.25) is 5.67 Å². The minimum absolute atomic E-state index is 0.364. The molecule has 2 nitrogen and oxygen atoms in total. The molecule has 0 spiro atoms. The van der Waals surface area contributed by atoms with Crippen molar-refractivity contribution in [3.05, 3.63) is 0 Å². The maximum atomic E-state index is 6.43. The van der Waals surface area contributed by atoms with Crippen LogP contribution < -0.4 is 0 Å². The molecular formula is C25H56O2Si2. The first-order valence-corrected chi connectivity index (χ1v) is 16.7. The second kappa shape index (κ2) is 24.6. The maximum Gasteiger partial charge on any atom is 0.161 e. The highest BCUT2D eigenvalue weighted by Gasteiger charge is 2.11. The number of hydrogen-bond donors (Lipinski definition) is 0. The fraction of sp³-hybridized carbons (Fsp3) is 1.00. The molecule has 0 aromatic rings. The molecule has 0 radical (unpaired) electrons. The predicted octanol–water partition coefficient (Wildman–Crippen LogP) is 7.40. The number of rotatable bonds is 24. The number of hydrogen-bond acceptors (Lipinski definition) is 2. The van der Waals surface area contributed by atoms with Crippen molar-refractivity contribution in [1.82, 2.24) is 0 Å². The van der Waals surface area contributed by atoms with Crippen molar-refractivity contribution in [2.24, 2.45) is 0 Å². The Morgan fingerprint density at radius 1 is 0.448 bits per heavy atom. The van der Waals surface area contributed by atoms with E-state index in [-0.39, 0.29) is 19.5 Å². The molecule has 0 amide bonds. The summed E-state index contributed by atoms with van der Waals surface area (Å²) in [5.41, 5.74) is 1.33. The molecule has 2 atom stereocenters. The van der Waals surface area contributed by atoms with Gasteiger partial charge in [0.25, 0.3) is 0 Å². The monoisotopic (exact) mass is 444 g/mol. The van der Waals surface area contributed by atoms with Gasteiger partial charge >= 0.3 is 0 Å². The summed E-state index contributed by atoms with van der Waals surface area (Å²) < 4.78 is 12.9. The van der Waals surface area contributed by atoms with E-state index in [0.717, 1.165) is 0 Å². The van der Waals surface area contributed by atoms with Crippen molar-refractivity contribution < 1.29 is 8.85 Å². The van der Waals surface area contributed by atoms with Crippen LogP contribution in [0.5, 0.6) is 0 Å². The summed E-state index contributed by atoms with van der Waals surface area (Å²) in [5.74, 6) is 0. The van der Waals surface area contributed by atoms with Crippen molar-refractivity contribution in [3.8, 4) is 0 Å². The largest absolute Gasteiger partial charge is 0.421 e. The van der Waals surface area contributed by atoms with Crippen molar-refractivity contribution >= 4 is 19.5 Å². The van der Waals surface area contributed by atoms with Gasteiger partial charge in [0, 0.05) is 12.2 Å². The van der Waals surface area contributed by atoms with Crippen LogP contribution in [0.4, 0.5) is 0 Å². The molecule has 0 saturated heterocycles. The van der Waals surface area contributed by atoms with Crippen molar-refractivity contribution in [2.45, 2.75) is 161 Å². The molecule has 176 valence electrons. The number of unbranched alkanes of at least 4 members (excludes halogenated alkanes) is 10. The third kappa shape index (κ3) is 21.4. The molecule has 0 rings (SSSR count). The molecule has 4 heteroatoms. The van der Waals surface area contributed by atoms with Crippen LogP contribution in [-0.4, -0.2) is 31.7 Å². The van der Waals surface area contributed by atoms with Gasteiger partial charge in [0.1, 0.15) is 0 Å². The van der Waals surface area contributed by atoms with Crippen LogP contribution in [0.1, 0.15) is 143 Å². The van der Waals surface area contributed by atoms with E-state index in [1.165, 1.54) is 121 Å². The molecule has 2 unspecified atom stereocenters. The zero-order valence-electron chi connectivity index (χ0n) is 20.8. The Bertz CT molecular complexity index is 275. The molecule has 0 aliphatic carbocycles. The minimum Gasteiger partial charge on any atom is -0.421 e. The second-order valence-electron chi connectivity index (χ2n) is 9.03. The average molecular weight is 445 g/mol. The zero-order chi connectivity index (χ0) is 21.4. The van der Waals surface area contributed by atoms with Gasteiger partial charge in [-0.1, -0.05) is 118 Å². The summed E-state index contributed by atoms with van der Waals surface area (Å²) in [6.07, 6.45) is 25.4. The summed E-state index contributed by atoms with van der Waals surface area (Å²) in [6, 6.07) is 0. The first-order chi connectivity index (χ1) is 14.3. The van der Waals surface area contributed by atoms with Gasteiger partial charge in [0.15, 0.2) is 19.5 Å². The van der Waals surface area contributed by atoms with E-state index in [9.17, 15) is 0 Å². The SMILES string of the molecule is CCCCCCCC(CCCC)O[SiH2]C[SiH2]OC(CCCC)CCCCCCC. The Balaban J connectivity index is 3.94. The molecular weight excluding hydrogens is 388 g/mol. The van der Waals surface area contributed by atoms with Crippen molar-refractivity contribution in [3.63, 3.8) is 0 Å². The van der Waals surface area contributed by atoms with E-state index >= 15 is 0 Å². The molecule has 0 bridgehead atoms. The lowest BCUT2D eigenvalue weighted by Crippen LogP contribution is -2.20. The lowest BCUT2D eigenvalue weighted by atomic mass is 10.0. The summed E-state index contributed by atoms with van der Waals surface area (Å²) >= 11 is 0. The standard InChI is InChI=1S/C25H56O2Si2/c1-5-9-13-15-17-21-24(19-11-7-3)26-28-23-29-27-25(20-12-8-4)22-18-16-14-10-6-2/h24-25H,5-23,28-29H2,1-4H3. The molecule has 0 aliphatic heterocycles. The normalized spacial score (nSPS) is 14.5. The molecule has 0 N–H and O–H groups in total. The van der Waals surface area contributed by atoms with Crippen LogP contribution in [0.3, 0.4) is 0 Å². The highest BCUT2D eigenvalue weighted by molar-refractivity contribution is 6.48. The zero-order valence-corrected chi connectivity index (χ0v) is 23.6. The van der Waals surface area contributed by atoms with E-state index in [0.29, 0.717) is 12.2 Å². The van der Waals surface area contributed by atoms with Crippen LogP contribution in [-0.2, 0) is 8.85 Å². The smallest absolute Gasteiger partial charge is 0.161 e. The average Bonchev–Trinajstić information content (AvgIpc) is 2.73. The Morgan fingerprint density at radius 2 is 0.793 bits per heavy atom. The highest BCUT2D eigenvalue weighted by atomic mass is 28.3. The highest BCUT2D eigenvalue weighted by Crippen LogP contribution is 2.16. The van der Waals surface area contributed by atoms with Gasteiger partial charge in [-0.3, -0.25) is 0 Å². The summed E-state index contributed by atoms with van der Waals surface area (Å²) in [7, 11) is -0.728. The third-order valence-electron chi connectivity index (χ3n) is 6.01. The molecule has 0 heterocycles. The minimum atomic E-state index is -0.364. The van der Waals surface area contributed by atoms with Gasteiger partial charge < -0.3 is 8.85 Å². The van der Waals surface area contributed by atoms with Crippen molar-refractivity contribution in [1.29, 1.82) is 0 Å². The fourth-order valence-corrected chi connectivity index (χ4v) is 7.13. The summed E-state index contributed by atoms with van der Waals surface area (Å²) in [4.78, 5) is 0. The van der Waals surface area contributed by atoms with Crippen LogP contribution in [0.25, 0.3) is 0 Å². The molecule has 0 saturated carbocycles. The topological polar surface area (TPSA) is 18.5 Å². The van der Waals surface area contributed by atoms with Gasteiger partial charge in [-0.15, -0.1) is 0 Å². The first-order valence-electron chi connectivity index (χ1n) is 13.5. The second-order valence-corrected chi connectivity index (χ2v) is 13.3. The van der Waals surface area contributed by atoms with E-state index in [1.807, 2.05) is 0 Å². The first kappa shape index (κ1) is 29.4. The molecule has 0 aromatic heterocycles. The van der Waals surface area contributed by atoms with E-state index in [1.54, 1.807) is 0 Å². The summed E-state index contributed by atoms with van der Waals surface area (Å²) in [6.45, 7) is 9.19. The maximum absolute atomic E-state index is 6.43. The van der Waals surface area contributed by atoms with Crippen LogP contribution in [0.15, 0.2) is 0 Å². The van der Waals surface area contributed by atoms with Crippen LogP contribution in [0, 0.1) is 0 Å². The van der Waals surface area contributed by atoms with Gasteiger partial charge in [-0.2, -0.15) is 0 Å². The van der Waals surface area contributed by atoms with Gasteiger partial charge in [0.2, 0.25) is 0 Å². The van der Waals surface area contributed by atoms with E-state index < -0.39 is 0 Å². The van der Waals surface area contributed by atoms with Gasteiger partial charge in [-0.25, -0.2) is 0 Å². The van der Waals surface area contributed by atoms with E-state index in [4.69, 9.17) is 8.85 Å². The fourth-order valence-electron chi connectivity index (χ4n) is 4.00. The van der Waals surface area contributed by atoms with Crippen LogP contribution >= 0.6 is 0 Å². The molecule has 0 fully saturated rings. The summed E-state index contributed by atoms with van der Waals surface area (Å²) in [5, 5.41) is 0.